The lowest BCUT2D eigenvalue weighted by atomic mass is 9.88. The van der Waals surface area contributed by atoms with Gasteiger partial charge in [-0.1, -0.05) is 45.4 Å². The maximum Gasteiger partial charge on any atom is 0.232 e. The largest absolute Gasteiger partial charge is 0.491 e. The van der Waals surface area contributed by atoms with Crippen molar-refractivity contribution in [2.45, 2.75) is 64.7 Å². The molecular formula is C21H34N2O4S. The van der Waals surface area contributed by atoms with E-state index in [2.05, 4.69) is 12.2 Å². The van der Waals surface area contributed by atoms with E-state index in [9.17, 15) is 13.2 Å². The second-order valence-electron chi connectivity index (χ2n) is 7.65. The zero-order valence-electron chi connectivity index (χ0n) is 17.4. The van der Waals surface area contributed by atoms with Gasteiger partial charge >= 0.3 is 0 Å². The number of unbranched alkanes of at least 4 members (excludes halogenated alkanes) is 3. The predicted octanol–water partition coefficient (Wildman–Crippen LogP) is 4.56. The van der Waals surface area contributed by atoms with Gasteiger partial charge in [-0.3, -0.25) is 9.10 Å². The third kappa shape index (κ3) is 6.69. The number of ether oxygens (including phenoxy) is 1. The quantitative estimate of drug-likeness (QED) is 0.574. The highest BCUT2D eigenvalue weighted by molar-refractivity contribution is 7.92. The molecule has 1 aromatic rings. The second-order valence-corrected chi connectivity index (χ2v) is 9.66. The molecule has 0 atom stereocenters. The van der Waals surface area contributed by atoms with Gasteiger partial charge in [0.1, 0.15) is 5.75 Å². The van der Waals surface area contributed by atoms with Crippen LogP contribution in [0.25, 0.3) is 0 Å². The summed E-state index contributed by atoms with van der Waals surface area (Å²) in [7, 11) is -1.90. The molecule has 0 aromatic heterocycles. The van der Waals surface area contributed by atoms with Crippen LogP contribution in [0.5, 0.6) is 5.75 Å². The van der Waals surface area contributed by atoms with Crippen LogP contribution in [0.1, 0.15) is 64.7 Å². The van der Waals surface area contributed by atoms with Crippen LogP contribution < -0.4 is 14.4 Å². The van der Waals surface area contributed by atoms with Gasteiger partial charge in [0.05, 0.1) is 18.6 Å². The number of hydrogen-bond donors (Lipinski definition) is 1. The fourth-order valence-corrected chi connectivity index (χ4v) is 3.97. The van der Waals surface area contributed by atoms with E-state index in [0.717, 1.165) is 57.6 Å². The molecule has 1 fully saturated rings. The Bertz CT molecular complexity index is 743. The monoisotopic (exact) mass is 410 g/mol. The molecule has 28 heavy (non-hydrogen) atoms. The van der Waals surface area contributed by atoms with Crippen LogP contribution >= 0.6 is 0 Å². The summed E-state index contributed by atoms with van der Waals surface area (Å²) in [4.78, 5) is 12.5. The Kier molecular flexibility index (Phi) is 8.60. The maximum absolute atomic E-state index is 12.5. The first-order chi connectivity index (χ1) is 13.3. The lowest BCUT2D eigenvalue weighted by molar-refractivity contribution is -0.120. The number of amides is 1. The third-order valence-corrected chi connectivity index (χ3v) is 6.49. The van der Waals surface area contributed by atoms with E-state index in [1.807, 2.05) is 0 Å². The SMILES string of the molecule is CCCCCCOc1cc(NC(=O)C2CCCCC2)ccc1N(C)S(C)(=O)=O. The summed E-state index contributed by atoms with van der Waals surface area (Å²) in [6, 6.07) is 5.16. The molecule has 1 saturated carbocycles. The highest BCUT2D eigenvalue weighted by atomic mass is 32.2. The smallest absolute Gasteiger partial charge is 0.232 e. The summed E-state index contributed by atoms with van der Waals surface area (Å²) in [5.74, 6) is 0.578. The number of carbonyl (C=O) groups is 1. The van der Waals surface area contributed by atoms with Crippen LogP contribution in [-0.4, -0.2) is 34.2 Å². The number of rotatable bonds is 10. The van der Waals surface area contributed by atoms with Gasteiger partial charge in [0.2, 0.25) is 15.9 Å². The highest BCUT2D eigenvalue weighted by Gasteiger charge is 2.22. The topological polar surface area (TPSA) is 75.7 Å². The molecule has 1 aromatic carbocycles. The summed E-state index contributed by atoms with van der Waals surface area (Å²) in [6.45, 7) is 2.67. The van der Waals surface area contributed by atoms with E-state index in [-0.39, 0.29) is 11.8 Å². The molecule has 1 aliphatic carbocycles. The Morgan fingerprint density at radius 3 is 2.54 bits per heavy atom. The molecule has 0 spiro atoms. The Labute approximate surface area is 169 Å². The van der Waals surface area contributed by atoms with Gasteiger partial charge in [-0.15, -0.1) is 0 Å². The summed E-state index contributed by atoms with van der Waals surface area (Å²) in [5.41, 5.74) is 1.12. The molecule has 158 valence electrons. The molecule has 0 unspecified atom stereocenters. The Morgan fingerprint density at radius 2 is 1.89 bits per heavy atom. The van der Waals surface area contributed by atoms with Gasteiger partial charge in [-0.2, -0.15) is 0 Å². The minimum atomic E-state index is -3.40. The van der Waals surface area contributed by atoms with E-state index in [4.69, 9.17) is 4.74 Å². The lowest BCUT2D eigenvalue weighted by Crippen LogP contribution is -2.26. The summed E-state index contributed by atoms with van der Waals surface area (Å²) >= 11 is 0. The first-order valence-corrected chi connectivity index (χ1v) is 12.2. The van der Waals surface area contributed by atoms with Gasteiger partial charge in [0.15, 0.2) is 0 Å². The van der Waals surface area contributed by atoms with Crippen LogP contribution in [-0.2, 0) is 14.8 Å². The molecule has 0 aliphatic heterocycles. The van der Waals surface area contributed by atoms with Gasteiger partial charge in [-0.25, -0.2) is 8.42 Å². The standard InChI is InChI=1S/C21H34N2O4S/c1-4-5-6-10-15-27-20-16-18(13-14-19(20)23(2)28(3,25)26)22-21(24)17-11-8-7-9-12-17/h13-14,16-17H,4-12,15H2,1-3H3,(H,22,24). The molecule has 0 radical (unpaired) electrons. The average molecular weight is 411 g/mol. The first kappa shape index (κ1) is 22.5. The van der Waals surface area contributed by atoms with Crippen molar-refractivity contribution in [1.82, 2.24) is 0 Å². The van der Waals surface area contributed by atoms with E-state index >= 15 is 0 Å². The van der Waals surface area contributed by atoms with E-state index < -0.39 is 10.0 Å². The third-order valence-electron chi connectivity index (χ3n) is 5.30. The van der Waals surface area contributed by atoms with Crippen molar-refractivity contribution < 1.29 is 17.9 Å². The van der Waals surface area contributed by atoms with Gasteiger partial charge < -0.3 is 10.1 Å². The minimum absolute atomic E-state index is 0.0396. The van der Waals surface area contributed by atoms with Crippen LogP contribution in [0.2, 0.25) is 0 Å². The van der Waals surface area contributed by atoms with Gasteiger partial charge in [-0.05, 0) is 31.4 Å². The normalized spacial score (nSPS) is 15.2. The number of carbonyl (C=O) groups excluding carboxylic acids is 1. The Morgan fingerprint density at radius 1 is 1.18 bits per heavy atom. The summed E-state index contributed by atoms with van der Waals surface area (Å²) < 4.78 is 31.1. The molecule has 0 heterocycles. The van der Waals surface area contributed by atoms with Crippen LogP contribution in [0.15, 0.2) is 18.2 Å². The van der Waals surface area contributed by atoms with Crippen molar-refractivity contribution >= 4 is 27.3 Å². The van der Waals surface area contributed by atoms with E-state index in [0.29, 0.717) is 23.7 Å². The highest BCUT2D eigenvalue weighted by Crippen LogP contribution is 2.33. The summed E-state index contributed by atoms with van der Waals surface area (Å²) in [5, 5.41) is 2.98. The molecule has 7 heteroatoms. The van der Waals surface area contributed by atoms with E-state index in [1.54, 1.807) is 18.2 Å². The average Bonchev–Trinajstić information content (AvgIpc) is 2.67. The van der Waals surface area contributed by atoms with E-state index in [1.165, 1.54) is 17.8 Å². The molecule has 0 saturated heterocycles. The van der Waals surface area contributed by atoms with Crippen LogP contribution in [0.4, 0.5) is 11.4 Å². The minimum Gasteiger partial charge on any atom is -0.491 e. The van der Waals surface area contributed by atoms with Crippen molar-refractivity contribution in [3.8, 4) is 5.75 Å². The molecule has 1 N–H and O–H groups in total. The van der Waals surface area contributed by atoms with Crippen molar-refractivity contribution in [2.75, 3.05) is 29.5 Å². The maximum atomic E-state index is 12.5. The molecule has 1 aliphatic rings. The summed E-state index contributed by atoms with van der Waals surface area (Å²) in [6.07, 6.45) is 10.7. The molecule has 2 rings (SSSR count). The number of benzene rings is 1. The number of hydrogen-bond acceptors (Lipinski definition) is 4. The van der Waals surface area contributed by atoms with Crippen molar-refractivity contribution in [3.05, 3.63) is 18.2 Å². The first-order valence-electron chi connectivity index (χ1n) is 10.3. The zero-order valence-corrected chi connectivity index (χ0v) is 18.2. The second kappa shape index (κ2) is 10.7. The van der Waals surface area contributed by atoms with Crippen molar-refractivity contribution in [2.24, 2.45) is 5.92 Å². The van der Waals surface area contributed by atoms with Crippen molar-refractivity contribution in [1.29, 1.82) is 0 Å². The van der Waals surface area contributed by atoms with Gasteiger partial charge in [0.25, 0.3) is 0 Å². The predicted molar refractivity (Wildman–Crippen MR) is 115 cm³/mol. The number of anilines is 2. The lowest BCUT2D eigenvalue weighted by Gasteiger charge is -2.23. The molecular weight excluding hydrogens is 376 g/mol. The molecule has 0 bridgehead atoms. The molecule has 6 nitrogen and oxygen atoms in total. The fraction of sp³-hybridized carbons (Fsp3) is 0.667. The number of sulfonamides is 1. The van der Waals surface area contributed by atoms with Gasteiger partial charge in [0, 0.05) is 24.7 Å². The Balaban J connectivity index is 2.13. The number of nitrogens with one attached hydrogen (secondary N) is 1. The Hall–Kier alpha value is -1.76. The number of nitrogens with zero attached hydrogens (tertiary/aromatic N) is 1. The van der Waals surface area contributed by atoms with Crippen molar-refractivity contribution in [3.63, 3.8) is 0 Å². The zero-order chi connectivity index (χ0) is 20.6. The molecule has 1 amide bonds. The fourth-order valence-electron chi connectivity index (χ4n) is 3.47. The van der Waals surface area contributed by atoms with Crippen LogP contribution in [0, 0.1) is 5.92 Å². The van der Waals surface area contributed by atoms with Crippen LogP contribution in [0.3, 0.4) is 0 Å².